The molecule has 10 heteroatoms. The fourth-order valence-corrected chi connectivity index (χ4v) is 3.30. The first kappa shape index (κ1) is 17.9. The molecule has 1 aromatic heterocycles. The molecule has 0 aliphatic rings. The molecule has 2 N–H and O–H groups in total. The lowest BCUT2D eigenvalue weighted by molar-refractivity contribution is -0.137. The van der Waals surface area contributed by atoms with Gasteiger partial charge in [-0.1, -0.05) is 6.07 Å². The van der Waals surface area contributed by atoms with Gasteiger partial charge in [-0.05, 0) is 18.2 Å². The molecule has 1 unspecified atom stereocenters. The van der Waals surface area contributed by atoms with Crippen molar-refractivity contribution in [1.82, 2.24) is 4.98 Å². The first-order valence-corrected chi connectivity index (χ1v) is 8.11. The van der Waals surface area contributed by atoms with Crippen LogP contribution in [-0.4, -0.2) is 9.19 Å². The number of nitriles is 1. The van der Waals surface area contributed by atoms with Crippen molar-refractivity contribution in [3.05, 3.63) is 59.3 Å². The van der Waals surface area contributed by atoms with Gasteiger partial charge in [0, 0.05) is 23.2 Å². The van der Waals surface area contributed by atoms with E-state index in [0.717, 1.165) is 18.2 Å². The molecule has 1 heterocycles. The SMILES string of the molecule is N#Cc1cc(F)c(NS(=O)c2c[nH]c3cc(C(F)(F)F)ccc23)cc1F. The van der Waals surface area contributed by atoms with Gasteiger partial charge < -0.3 is 4.98 Å². The second kappa shape index (κ2) is 6.42. The Bertz CT molecular complexity index is 1070. The molecular formula is C16H8F5N3OS. The summed E-state index contributed by atoms with van der Waals surface area (Å²) in [4.78, 5) is 2.64. The molecular weight excluding hydrogens is 377 g/mol. The number of H-pyrrole nitrogens is 1. The zero-order valence-electron chi connectivity index (χ0n) is 12.6. The first-order chi connectivity index (χ1) is 12.2. The van der Waals surface area contributed by atoms with Crippen molar-refractivity contribution in [2.45, 2.75) is 11.1 Å². The Balaban J connectivity index is 1.94. The number of benzene rings is 2. The van der Waals surface area contributed by atoms with Gasteiger partial charge in [-0.2, -0.15) is 18.4 Å². The molecule has 0 amide bonds. The van der Waals surface area contributed by atoms with Gasteiger partial charge in [-0.3, -0.25) is 4.72 Å². The van der Waals surface area contributed by atoms with Crippen molar-refractivity contribution in [3.63, 3.8) is 0 Å². The normalized spacial score (nSPS) is 12.8. The number of anilines is 1. The van der Waals surface area contributed by atoms with Gasteiger partial charge in [-0.25, -0.2) is 13.0 Å². The number of halogens is 5. The highest BCUT2D eigenvalue weighted by Crippen LogP contribution is 2.33. The Morgan fingerprint density at radius 3 is 2.50 bits per heavy atom. The van der Waals surface area contributed by atoms with E-state index in [1.807, 2.05) is 0 Å². The van der Waals surface area contributed by atoms with Crippen LogP contribution in [0.1, 0.15) is 11.1 Å². The van der Waals surface area contributed by atoms with Crippen LogP contribution in [0.25, 0.3) is 10.9 Å². The van der Waals surface area contributed by atoms with Gasteiger partial charge in [0.05, 0.1) is 21.7 Å². The number of hydrogen-bond acceptors (Lipinski definition) is 2. The summed E-state index contributed by atoms with van der Waals surface area (Å²) >= 11 is 0. The van der Waals surface area contributed by atoms with E-state index < -0.39 is 45.6 Å². The van der Waals surface area contributed by atoms with Gasteiger partial charge >= 0.3 is 6.18 Å². The highest BCUT2D eigenvalue weighted by molar-refractivity contribution is 7.86. The van der Waals surface area contributed by atoms with Gasteiger partial charge in [-0.15, -0.1) is 0 Å². The summed E-state index contributed by atoms with van der Waals surface area (Å²) in [5, 5.41) is 8.88. The third kappa shape index (κ3) is 3.25. The summed E-state index contributed by atoms with van der Waals surface area (Å²) in [7, 11) is -2.08. The van der Waals surface area contributed by atoms with E-state index in [1.165, 1.54) is 12.3 Å². The van der Waals surface area contributed by atoms with Crippen molar-refractivity contribution in [1.29, 1.82) is 5.26 Å². The molecule has 0 aliphatic heterocycles. The van der Waals surface area contributed by atoms with Crippen LogP contribution >= 0.6 is 0 Å². The van der Waals surface area contributed by atoms with Crippen LogP contribution in [0.3, 0.4) is 0 Å². The molecule has 0 saturated carbocycles. The maximum atomic E-state index is 13.9. The van der Waals surface area contributed by atoms with E-state index in [-0.39, 0.29) is 15.8 Å². The predicted molar refractivity (Wildman–Crippen MR) is 84.4 cm³/mol. The van der Waals surface area contributed by atoms with E-state index in [4.69, 9.17) is 5.26 Å². The molecule has 0 radical (unpaired) electrons. The molecule has 0 bridgehead atoms. The largest absolute Gasteiger partial charge is 0.416 e. The highest BCUT2D eigenvalue weighted by Gasteiger charge is 2.31. The van der Waals surface area contributed by atoms with E-state index in [1.54, 1.807) is 0 Å². The summed E-state index contributed by atoms with van der Waals surface area (Å²) < 4.78 is 80.3. The molecule has 26 heavy (non-hydrogen) atoms. The molecule has 3 aromatic rings. The molecule has 3 rings (SSSR count). The zero-order chi connectivity index (χ0) is 19.1. The Labute approximate surface area is 145 Å². The van der Waals surface area contributed by atoms with Crippen LogP contribution in [-0.2, 0) is 17.2 Å². The van der Waals surface area contributed by atoms with Crippen LogP contribution in [0, 0.1) is 23.0 Å². The lowest BCUT2D eigenvalue weighted by Gasteiger charge is -2.08. The molecule has 2 aromatic carbocycles. The Morgan fingerprint density at radius 2 is 1.85 bits per heavy atom. The average molecular weight is 385 g/mol. The van der Waals surface area contributed by atoms with E-state index in [0.29, 0.717) is 12.1 Å². The minimum Gasteiger partial charge on any atom is -0.360 e. The Hall–Kier alpha value is -2.93. The summed E-state index contributed by atoms with van der Waals surface area (Å²) in [5.41, 5.74) is -1.74. The summed E-state index contributed by atoms with van der Waals surface area (Å²) in [6.07, 6.45) is -3.31. The van der Waals surface area contributed by atoms with Crippen LogP contribution in [0.4, 0.5) is 27.6 Å². The molecule has 0 saturated heterocycles. The maximum absolute atomic E-state index is 13.9. The number of aromatic nitrogens is 1. The second-order valence-corrected chi connectivity index (χ2v) is 6.39. The van der Waals surface area contributed by atoms with Gasteiger partial charge in [0.1, 0.15) is 17.7 Å². The van der Waals surface area contributed by atoms with Gasteiger partial charge in [0.25, 0.3) is 0 Å². The van der Waals surface area contributed by atoms with Crippen LogP contribution in [0.15, 0.2) is 41.4 Å². The summed E-state index contributed by atoms with van der Waals surface area (Å²) in [6.45, 7) is 0. The third-order valence-electron chi connectivity index (χ3n) is 3.55. The van der Waals surface area contributed by atoms with Crippen molar-refractivity contribution in [3.8, 4) is 6.07 Å². The van der Waals surface area contributed by atoms with Crippen molar-refractivity contribution < 1.29 is 26.2 Å². The molecule has 0 spiro atoms. The monoisotopic (exact) mass is 385 g/mol. The van der Waals surface area contributed by atoms with Gasteiger partial charge in [0.2, 0.25) is 0 Å². The van der Waals surface area contributed by atoms with E-state index in [9.17, 15) is 26.2 Å². The number of nitrogens with zero attached hydrogens (tertiary/aromatic N) is 1. The fraction of sp³-hybridized carbons (Fsp3) is 0.0625. The Kier molecular flexibility index (Phi) is 4.41. The van der Waals surface area contributed by atoms with Crippen molar-refractivity contribution in [2.24, 2.45) is 0 Å². The topological polar surface area (TPSA) is 68.7 Å². The lowest BCUT2D eigenvalue weighted by Crippen LogP contribution is -2.07. The molecule has 1 atom stereocenters. The minimum absolute atomic E-state index is 0.0675. The van der Waals surface area contributed by atoms with Crippen LogP contribution in [0.2, 0.25) is 0 Å². The number of aromatic amines is 1. The number of nitrogens with one attached hydrogen (secondary N) is 2. The molecule has 0 fully saturated rings. The maximum Gasteiger partial charge on any atom is 0.416 e. The quantitative estimate of drug-likeness (QED) is 0.653. The zero-order valence-corrected chi connectivity index (χ0v) is 13.4. The van der Waals surface area contributed by atoms with Crippen LogP contribution < -0.4 is 4.72 Å². The van der Waals surface area contributed by atoms with E-state index in [2.05, 4.69) is 9.71 Å². The standard InChI is InChI=1S/C16H8F5N3OS/c17-11-5-14(12(18)3-8(11)6-22)24-26(25)15-7-23-13-4-9(16(19,20)21)1-2-10(13)15/h1-5,7,23-24H. The highest BCUT2D eigenvalue weighted by atomic mass is 32.2. The fourth-order valence-electron chi connectivity index (χ4n) is 2.29. The third-order valence-corrected chi connectivity index (χ3v) is 4.69. The number of hydrogen-bond donors (Lipinski definition) is 2. The molecule has 4 nitrogen and oxygen atoms in total. The Morgan fingerprint density at radius 1 is 1.12 bits per heavy atom. The average Bonchev–Trinajstić information content (AvgIpc) is 3.00. The van der Waals surface area contributed by atoms with Crippen LogP contribution in [0.5, 0.6) is 0 Å². The molecule has 0 aliphatic carbocycles. The van der Waals surface area contributed by atoms with Crippen molar-refractivity contribution in [2.75, 3.05) is 4.72 Å². The minimum atomic E-state index is -4.53. The smallest absolute Gasteiger partial charge is 0.360 e. The number of alkyl halides is 3. The number of rotatable bonds is 3. The first-order valence-electron chi connectivity index (χ1n) is 6.96. The summed E-state index contributed by atoms with van der Waals surface area (Å²) in [5.74, 6) is -1.99. The van der Waals surface area contributed by atoms with Gasteiger partial charge in [0.15, 0.2) is 11.0 Å². The predicted octanol–water partition coefficient (Wildman–Crippen LogP) is 4.47. The van der Waals surface area contributed by atoms with E-state index >= 15 is 0 Å². The lowest BCUT2D eigenvalue weighted by atomic mass is 10.1. The van der Waals surface area contributed by atoms with Crippen molar-refractivity contribution >= 4 is 27.6 Å². The molecule has 134 valence electrons. The second-order valence-electron chi connectivity index (χ2n) is 5.21. The summed E-state index contributed by atoms with van der Waals surface area (Å²) in [6, 6.07) is 5.64. The number of fused-ring (bicyclic) bond motifs is 1.